The molecule has 1 heterocycles. The van der Waals surface area contributed by atoms with Crippen molar-refractivity contribution in [1.29, 1.82) is 0 Å². The van der Waals surface area contributed by atoms with E-state index in [-0.39, 0.29) is 11.8 Å². The van der Waals surface area contributed by atoms with E-state index in [9.17, 15) is 9.90 Å². The summed E-state index contributed by atoms with van der Waals surface area (Å²) >= 11 is 0. The van der Waals surface area contributed by atoms with Gasteiger partial charge in [0.2, 0.25) is 5.60 Å². The second kappa shape index (κ2) is 2.24. The van der Waals surface area contributed by atoms with Crippen LogP contribution < -0.4 is 0 Å². The Balaban J connectivity index is 2.99. The summed E-state index contributed by atoms with van der Waals surface area (Å²) in [5.74, 6) is 1.59. The van der Waals surface area contributed by atoms with Crippen LogP contribution >= 0.6 is 0 Å². The van der Waals surface area contributed by atoms with E-state index in [2.05, 4.69) is 5.92 Å². The number of rotatable bonds is 0. The fraction of sp³-hybridized carbons (Fsp3) is 0.625. The van der Waals surface area contributed by atoms with E-state index in [0.29, 0.717) is 6.54 Å². The van der Waals surface area contributed by atoms with E-state index in [1.54, 1.807) is 14.0 Å². The van der Waals surface area contributed by atoms with Gasteiger partial charge in [-0.15, -0.1) is 6.42 Å². The van der Waals surface area contributed by atoms with Crippen LogP contribution in [0, 0.1) is 18.3 Å². The number of likely N-dealkylation sites (tertiary alicyclic amines) is 1. The van der Waals surface area contributed by atoms with Gasteiger partial charge in [0.25, 0.3) is 5.91 Å². The Morgan fingerprint density at radius 3 is 2.64 bits per heavy atom. The predicted molar refractivity (Wildman–Crippen MR) is 40.6 cm³/mol. The Hall–Kier alpha value is -1.01. The number of nitrogens with zero attached hydrogens (tertiary/aromatic N) is 1. The molecule has 3 heteroatoms. The molecule has 0 radical (unpaired) electrons. The normalized spacial score (nSPS) is 37.5. The maximum atomic E-state index is 11.2. The van der Waals surface area contributed by atoms with Crippen LogP contribution in [0.3, 0.4) is 0 Å². The number of carbonyl (C=O) groups is 1. The molecule has 60 valence electrons. The molecule has 1 rings (SSSR count). The minimum Gasteiger partial charge on any atom is -0.369 e. The molecule has 0 aromatic heterocycles. The first-order valence-electron chi connectivity index (χ1n) is 3.48. The Bertz CT molecular complexity index is 231. The van der Waals surface area contributed by atoms with Gasteiger partial charge in [-0.25, -0.2) is 0 Å². The zero-order chi connectivity index (χ0) is 8.65. The van der Waals surface area contributed by atoms with Crippen molar-refractivity contribution in [2.24, 2.45) is 5.92 Å². The molecule has 1 unspecified atom stereocenters. The minimum absolute atomic E-state index is 0.176. The van der Waals surface area contributed by atoms with Crippen LogP contribution in [-0.2, 0) is 4.79 Å². The van der Waals surface area contributed by atoms with Gasteiger partial charge in [-0.2, -0.15) is 0 Å². The Morgan fingerprint density at radius 1 is 1.91 bits per heavy atom. The van der Waals surface area contributed by atoms with Gasteiger partial charge in [0, 0.05) is 19.5 Å². The van der Waals surface area contributed by atoms with E-state index in [1.807, 2.05) is 0 Å². The maximum Gasteiger partial charge on any atom is 0.267 e. The first-order valence-corrected chi connectivity index (χ1v) is 3.48. The Kier molecular flexibility index (Phi) is 1.65. The van der Waals surface area contributed by atoms with Crippen molar-refractivity contribution in [3.05, 3.63) is 0 Å². The van der Waals surface area contributed by atoms with Gasteiger partial charge in [-0.1, -0.05) is 12.8 Å². The quantitative estimate of drug-likeness (QED) is 0.475. The predicted octanol–water partition coefficient (Wildman–Crippen LogP) is -0.541. The van der Waals surface area contributed by atoms with Crippen molar-refractivity contribution in [2.45, 2.75) is 12.5 Å². The smallest absolute Gasteiger partial charge is 0.267 e. The van der Waals surface area contributed by atoms with Gasteiger partial charge in [0.15, 0.2) is 0 Å². The summed E-state index contributed by atoms with van der Waals surface area (Å²) < 4.78 is 0. The number of carbonyl (C=O) groups excluding carboxylic acids is 1. The van der Waals surface area contributed by atoms with Crippen LogP contribution in [0.15, 0.2) is 0 Å². The maximum absolute atomic E-state index is 11.2. The first kappa shape index (κ1) is 8.09. The molecular weight excluding hydrogens is 142 g/mol. The summed E-state index contributed by atoms with van der Waals surface area (Å²) in [5.41, 5.74) is -1.56. The molecule has 1 N–H and O–H groups in total. The van der Waals surface area contributed by atoms with Crippen LogP contribution in [0.4, 0.5) is 0 Å². The first-order chi connectivity index (χ1) is 5.02. The summed E-state index contributed by atoms with van der Waals surface area (Å²) in [7, 11) is 1.63. The SMILES string of the molecule is C#C[C@]1(O)C(=O)N(C)CC1C. The number of amides is 1. The van der Waals surface area contributed by atoms with Gasteiger partial charge in [0.05, 0.1) is 0 Å². The van der Waals surface area contributed by atoms with Crippen molar-refractivity contribution in [1.82, 2.24) is 4.90 Å². The van der Waals surface area contributed by atoms with Crippen molar-refractivity contribution in [2.75, 3.05) is 13.6 Å². The monoisotopic (exact) mass is 153 g/mol. The van der Waals surface area contributed by atoms with Gasteiger partial charge in [-0.3, -0.25) is 4.79 Å². The highest BCUT2D eigenvalue weighted by atomic mass is 16.3. The number of hydrogen-bond donors (Lipinski definition) is 1. The van der Waals surface area contributed by atoms with Gasteiger partial charge in [0.1, 0.15) is 0 Å². The highest BCUT2D eigenvalue weighted by Gasteiger charge is 2.48. The second-order valence-electron chi connectivity index (χ2n) is 3.00. The molecule has 1 fully saturated rings. The van der Waals surface area contributed by atoms with Crippen molar-refractivity contribution in [3.63, 3.8) is 0 Å². The number of hydrogen-bond acceptors (Lipinski definition) is 2. The van der Waals surface area contributed by atoms with Crippen molar-refractivity contribution in [3.8, 4) is 12.3 Å². The van der Waals surface area contributed by atoms with E-state index in [1.165, 1.54) is 4.90 Å². The molecule has 0 saturated carbocycles. The zero-order valence-electron chi connectivity index (χ0n) is 6.66. The molecule has 1 aliphatic rings. The third kappa shape index (κ3) is 0.908. The van der Waals surface area contributed by atoms with Crippen molar-refractivity contribution < 1.29 is 9.90 Å². The van der Waals surface area contributed by atoms with E-state index in [0.717, 1.165) is 0 Å². The molecule has 0 aromatic carbocycles. The van der Waals surface area contributed by atoms with Gasteiger partial charge >= 0.3 is 0 Å². The molecule has 11 heavy (non-hydrogen) atoms. The number of terminal acetylenes is 1. The molecule has 1 amide bonds. The average Bonchev–Trinajstić information content (AvgIpc) is 2.16. The van der Waals surface area contributed by atoms with Crippen LogP contribution in [0.2, 0.25) is 0 Å². The number of likely N-dealkylation sites (N-methyl/N-ethyl adjacent to an activating group) is 1. The standard InChI is InChI=1S/C8H11NO2/c1-4-8(11)6(2)5-9(3)7(8)10/h1,6,11H,5H2,2-3H3/t6?,8-/m1/s1. The van der Waals surface area contributed by atoms with Crippen LogP contribution in [0.5, 0.6) is 0 Å². The number of aliphatic hydroxyl groups is 1. The summed E-state index contributed by atoms with van der Waals surface area (Å²) in [6.45, 7) is 2.29. The Labute approximate surface area is 66.0 Å². The fourth-order valence-electron chi connectivity index (χ4n) is 1.33. The molecule has 1 aliphatic heterocycles. The Morgan fingerprint density at radius 2 is 2.45 bits per heavy atom. The third-order valence-electron chi connectivity index (χ3n) is 2.15. The molecule has 1 saturated heterocycles. The lowest BCUT2D eigenvalue weighted by atomic mass is 9.93. The summed E-state index contributed by atoms with van der Waals surface area (Å²) in [6, 6.07) is 0. The third-order valence-corrected chi connectivity index (χ3v) is 2.15. The average molecular weight is 153 g/mol. The zero-order valence-corrected chi connectivity index (χ0v) is 6.66. The molecule has 0 bridgehead atoms. The highest BCUT2D eigenvalue weighted by molar-refractivity contribution is 5.90. The van der Waals surface area contributed by atoms with E-state index < -0.39 is 5.60 Å². The van der Waals surface area contributed by atoms with Gasteiger partial charge < -0.3 is 10.0 Å². The fourth-order valence-corrected chi connectivity index (χ4v) is 1.33. The lowest BCUT2D eigenvalue weighted by Gasteiger charge is -2.16. The summed E-state index contributed by atoms with van der Waals surface area (Å²) in [5, 5.41) is 9.58. The molecular formula is C8H11NO2. The topological polar surface area (TPSA) is 40.5 Å². The van der Waals surface area contributed by atoms with Crippen molar-refractivity contribution >= 4 is 5.91 Å². The van der Waals surface area contributed by atoms with Crippen LogP contribution in [0.1, 0.15) is 6.92 Å². The molecule has 0 aromatic rings. The highest BCUT2D eigenvalue weighted by Crippen LogP contribution is 2.26. The van der Waals surface area contributed by atoms with Gasteiger partial charge in [-0.05, 0) is 0 Å². The molecule has 0 aliphatic carbocycles. The largest absolute Gasteiger partial charge is 0.369 e. The lowest BCUT2D eigenvalue weighted by molar-refractivity contribution is -0.138. The summed E-state index contributed by atoms with van der Waals surface area (Å²) in [4.78, 5) is 12.7. The molecule has 0 spiro atoms. The van der Waals surface area contributed by atoms with Crippen LogP contribution in [0.25, 0.3) is 0 Å². The molecule has 3 nitrogen and oxygen atoms in total. The van der Waals surface area contributed by atoms with E-state index >= 15 is 0 Å². The second-order valence-corrected chi connectivity index (χ2v) is 3.00. The van der Waals surface area contributed by atoms with Crippen LogP contribution in [-0.4, -0.2) is 35.1 Å². The summed E-state index contributed by atoms with van der Waals surface area (Å²) in [6.07, 6.45) is 5.06. The lowest BCUT2D eigenvalue weighted by Crippen LogP contribution is -2.40. The molecule has 2 atom stereocenters. The van der Waals surface area contributed by atoms with E-state index in [4.69, 9.17) is 6.42 Å². The minimum atomic E-state index is -1.56.